The molecule has 112 valence electrons. The summed E-state index contributed by atoms with van der Waals surface area (Å²) in [5, 5.41) is 2.61. The topological polar surface area (TPSA) is 81.7 Å². The Morgan fingerprint density at radius 1 is 1.40 bits per heavy atom. The van der Waals surface area contributed by atoms with Gasteiger partial charge in [0.15, 0.2) is 0 Å². The first-order valence-electron chi connectivity index (χ1n) is 5.88. The van der Waals surface area contributed by atoms with Gasteiger partial charge in [0.05, 0.1) is 24.2 Å². The third-order valence-corrected chi connectivity index (χ3v) is 3.78. The van der Waals surface area contributed by atoms with E-state index < -0.39 is 15.0 Å². The maximum absolute atomic E-state index is 12.0. The molecule has 0 aromatic heterocycles. The van der Waals surface area contributed by atoms with Crippen LogP contribution in [0.3, 0.4) is 0 Å². The highest BCUT2D eigenvalue weighted by Gasteiger charge is 2.17. The molecule has 1 aromatic rings. The van der Waals surface area contributed by atoms with E-state index in [2.05, 4.69) is 5.32 Å². The summed E-state index contributed by atoms with van der Waals surface area (Å²) in [6.45, 7) is 3.09. The van der Waals surface area contributed by atoms with Gasteiger partial charge in [0.2, 0.25) is 0 Å². The summed E-state index contributed by atoms with van der Waals surface area (Å²) in [7, 11) is 2.75. The highest BCUT2D eigenvalue weighted by atomic mass is 35.7. The molecule has 0 aliphatic rings. The fourth-order valence-electron chi connectivity index (χ4n) is 1.49. The molecular weight excluding hydrogens is 306 g/mol. The fraction of sp³-hybridized carbons (Fsp3) is 0.417. The second-order valence-corrected chi connectivity index (χ2v) is 6.32. The minimum Gasteiger partial charge on any atom is -0.496 e. The van der Waals surface area contributed by atoms with Gasteiger partial charge >= 0.3 is 0 Å². The van der Waals surface area contributed by atoms with Gasteiger partial charge in [0.25, 0.3) is 15.0 Å². The van der Waals surface area contributed by atoms with Gasteiger partial charge in [-0.1, -0.05) is 0 Å². The summed E-state index contributed by atoms with van der Waals surface area (Å²) in [5.41, 5.74) is 0.103. The predicted molar refractivity (Wildman–Crippen MR) is 74.9 cm³/mol. The molecule has 0 fully saturated rings. The molecule has 1 N–H and O–H groups in total. The number of hydrogen-bond acceptors (Lipinski definition) is 5. The quantitative estimate of drug-likeness (QED) is 0.606. The molecule has 0 radical (unpaired) electrons. The van der Waals surface area contributed by atoms with Gasteiger partial charge in [0.1, 0.15) is 5.75 Å². The third kappa shape index (κ3) is 4.66. The first-order chi connectivity index (χ1) is 9.40. The van der Waals surface area contributed by atoms with Crippen LogP contribution in [-0.4, -0.2) is 41.2 Å². The smallest absolute Gasteiger partial charge is 0.261 e. The average Bonchev–Trinajstić information content (AvgIpc) is 2.41. The van der Waals surface area contributed by atoms with E-state index in [0.717, 1.165) is 0 Å². The molecule has 0 saturated carbocycles. The van der Waals surface area contributed by atoms with Gasteiger partial charge in [-0.25, -0.2) is 8.42 Å². The van der Waals surface area contributed by atoms with Crippen molar-refractivity contribution in [2.24, 2.45) is 0 Å². The number of rotatable bonds is 7. The van der Waals surface area contributed by atoms with Crippen molar-refractivity contribution in [1.29, 1.82) is 0 Å². The Labute approximate surface area is 122 Å². The van der Waals surface area contributed by atoms with Crippen molar-refractivity contribution in [1.82, 2.24) is 5.32 Å². The van der Waals surface area contributed by atoms with Gasteiger partial charge in [-0.15, -0.1) is 0 Å². The largest absolute Gasteiger partial charge is 0.496 e. The Kier molecular flexibility index (Phi) is 6.25. The number of carbonyl (C=O) groups is 1. The van der Waals surface area contributed by atoms with Crippen LogP contribution in [0.15, 0.2) is 23.1 Å². The molecule has 1 aromatic carbocycles. The Bertz CT molecular complexity index is 573. The van der Waals surface area contributed by atoms with E-state index in [1.54, 1.807) is 0 Å². The van der Waals surface area contributed by atoms with Crippen molar-refractivity contribution in [2.75, 3.05) is 26.9 Å². The first-order valence-corrected chi connectivity index (χ1v) is 8.19. The van der Waals surface area contributed by atoms with Crippen LogP contribution in [0.25, 0.3) is 0 Å². The molecule has 0 heterocycles. The molecule has 1 amide bonds. The number of methoxy groups -OCH3 is 1. The fourth-order valence-corrected chi connectivity index (χ4v) is 2.27. The minimum atomic E-state index is -3.90. The lowest BCUT2D eigenvalue weighted by Gasteiger charge is -2.10. The lowest BCUT2D eigenvalue weighted by molar-refractivity contribution is 0.0919. The van der Waals surface area contributed by atoms with Gasteiger partial charge in [-0.3, -0.25) is 4.79 Å². The van der Waals surface area contributed by atoms with E-state index in [9.17, 15) is 13.2 Å². The maximum Gasteiger partial charge on any atom is 0.261 e. The summed E-state index contributed by atoms with van der Waals surface area (Å²) in [6.07, 6.45) is 0. The van der Waals surface area contributed by atoms with Crippen LogP contribution in [0.1, 0.15) is 17.3 Å². The molecule has 1 rings (SSSR count). The zero-order chi connectivity index (χ0) is 15.2. The van der Waals surface area contributed by atoms with Crippen LogP contribution < -0.4 is 10.1 Å². The van der Waals surface area contributed by atoms with Crippen molar-refractivity contribution in [2.45, 2.75) is 11.8 Å². The molecule has 6 nitrogen and oxygen atoms in total. The molecule has 0 atom stereocenters. The number of nitrogens with one attached hydrogen (secondary N) is 1. The first kappa shape index (κ1) is 16.7. The zero-order valence-electron chi connectivity index (χ0n) is 11.2. The number of halogens is 1. The zero-order valence-corrected chi connectivity index (χ0v) is 12.8. The molecule has 0 unspecified atom stereocenters. The lowest BCUT2D eigenvalue weighted by Crippen LogP contribution is -2.27. The Morgan fingerprint density at radius 3 is 2.65 bits per heavy atom. The predicted octanol–water partition coefficient (Wildman–Crippen LogP) is 1.39. The SMILES string of the molecule is CCOCCNC(=O)c1cc(S(=O)(=O)Cl)ccc1OC. The highest BCUT2D eigenvalue weighted by molar-refractivity contribution is 8.13. The van der Waals surface area contributed by atoms with Crippen LogP contribution in [0.2, 0.25) is 0 Å². The van der Waals surface area contributed by atoms with Gasteiger partial charge in [-0.2, -0.15) is 0 Å². The van der Waals surface area contributed by atoms with E-state index in [-0.39, 0.29) is 16.2 Å². The third-order valence-electron chi connectivity index (χ3n) is 2.43. The van der Waals surface area contributed by atoms with Crippen LogP contribution in [0, 0.1) is 0 Å². The van der Waals surface area contributed by atoms with Crippen molar-refractivity contribution < 1.29 is 22.7 Å². The molecular formula is C12H16ClNO5S. The number of ether oxygens (including phenoxy) is 2. The summed E-state index contributed by atoms with van der Waals surface area (Å²) in [4.78, 5) is 11.8. The summed E-state index contributed by atoms with van der Waals surface area (Å²) >= 11 is 0. The standard InChI is InChI=1S/C12H16ClNO5S/c1-3-19-7-6-14-12(15)10-8-9(20(13,16)17)4-5-11(10)18-2/h4-5,8H,3,6-7H2,1-2H3,(H,14,15). The van der Waals surface area contributed by atoms with Gasteiger partial charge in [-0.05, 0) is 25.1 Å². The van der Waals surface area contributed by atoms with Crippen LogP contribution in [0.5, 0.6) is 5.75 Å². The molecule has 20 heavy (non-hydrogen) atoms. The van der Waals surface area contributed by atoms with Crippen molar-refractivity contribution >= 4 is 25.6 Å². The Balaban J connectivity index is 2.93. The van der Waals surface area contributed by atoms with Crippen molar-refractivity contribution in [3.05, 3.63) is 23.8 Å². The Morgan fingerprint density at radius 2 is 2.10 bits per heavy atom. The Hall–Kier alpha value is -1.31. The van der Waals surface area contributed by atoms with E-state index in [1.165, 1.54) is 25.3 Å². The molecule has 0 aliphatic carbocycles. The van der Waals surface area contributed by atoms with Crippen molar-refractivity contribution in [3.8, 4) is 5.75 Å². The number of amides is 1. The van der Waals surface area contributed by atoms with E-state index >= 15 is 0 Å². The molecule has 0 bridgehead atoms. The lowest BCUT2D eigenvalue weighted by atomic mass is 10.2. The van der Waals surface area contributed by atoms with E-state index in [0.29, 0.717) is 19.8 Å². The normalized spacial score (nSPS) is 11.2. The number of hydrogen-bond donors (Lipinski definition) is 1. The van der Waals surface area contributed by atoms with Crippen LogP contribution in [0.4, 0.5) is 0 Å². The second-order valence-electron chi connectivity index (χ2n) is 3.75. The average molecular weight is 322 g/mol. The molecule has 0 aliphatic heterocycles. The number of carbonyl (C=O) groups excluding carboxylic acids is 1. The van der Waals surface area contributed by atoms with E-state index in [1.807, 2.05) is 6.92 Å². The number of benzene rings is 1. The highest BCUT2D eigenvalue weighted by Crippen LogP contribution is 2.24. The second kappa shape index (κ2) is 7.47. The molecule has 0 spiro atoms. The summed E-state index contributed by atoms with van der Waals surface area (Å²) < 4.78 is 32.7. The van der Waals surface area contributed by atoms with Crippen molar-refractivity contribution in [3.63, 3.8) is 0 Å². The van der Waals surface area contributed by atoms with E-state index in [4.69, 9.17) is 20.2 Å². The monoisotopic (exact) mass is 321 g/mol. The molecule has 8 heteroatoms. The van der Waals surface area contributed by atoms with Crippen LogP contribution in [-0.2, 0) is 13.8 Å². The summed E-state index contributed by atoms with van der Waals surface area (Å²) in [5.74, 6) is -0.188. The van der Waals surface area contributed by atoms with Gasteiger partial charge < -0.3 is 14.8 Å². The summed E-state index contributed by atoms with van der Waals surface area (Å²) in [6, 6.07) is 3.84. The molecule has 0 saturated heterocycles. The van der Waals surface area contributed by atoms with Gasteiger partial charge in [0, 0.05) is 23.8 Å². The van der Waals surface area contributed by atoms with Crippen LogP contribution >= 0.6 is 10.7 Å². The maximum atomic E-state index is 12.0. The minimum absolute atomic E-state index is 0.103.